The zero-order valence-electron chi connectivity index (χ0n) is 20.3. The van der Waals surface area contributed by atoms with Crippen LogP contribution in [-0.2, 0) is 14.3 Å². The van der Waals surface area contributed by atoms with Crippen molar-refractivity contribution in [2.75, 3.05) is 27.2 Å². The van der Waals surface area contributed by atoms with Crippen LogP contribution < -0.4 is 10.6 Å². The number of alkyl carbamates (subject to hydrolysis) is 1. The average Bonchev–Trinajstić information content (AvgIpc) is 3.08. The molecule has 8 nitrogen and oxygen atoms in total. The zero-order valence-corrected chi connectivity index (χ0v) is 20.3. The first kappa shape index (κ1) is 25.2. The minimum Gasteiger partial charge on any atom is -0.480 e. The Balaban J connectivity index is 1.69. The van der Waals surface area contributed by atoms with Gasteiger partial charge in [-0.15, -0.1) is 0 Å². The molecule has 0 saturated carbocycles. The molecule has 0 radical (unpaired) electrons. The highest BCUT2D eigenvalue weighted by Gasteiger charge is 2.36. The van der Waals surface area contributed by atoms with Crippen LogP contribution >= 0.6 is 0 Å². The lowest BCUT2D eigenvalue weighted by Gasteiger charge is -2.31. The second kappa shape index (κ2) is 10.3. The third kappa shape index (κ3) is 5.75. The number of hydrogen-bond acceptors (Lipinski definition) is 5. The Labute approximate surface area is 200 Å². The number of fused-ring (bicyclic) bond motifs is 3. The van der Waals surface area contributed by atoms with Gasteiger partial charge in [0.25, 0.3) is 0 Å². The van der Waals surface area contributed by atoms with E-state index in [1.54, 1.807) is 39.8 Å². The number of rotatable bonds is 8. The predicted molar refractivity (Wildman–Crippen MR) is 130 cm³/mol. The van der Waals surface area contributed by atoms with E-state index >= 15 is 0 Å². The lowest BCUT2D eigenvalue weighted by atomic mass is 9.86. The highest BCUT2D eigenvalue weighted by molar-refractivity contribution is 5.90. The normalized spacial score (nSPS) is 14.6. The number of benzene rings is 2. The van der Waals surface area contributed by atoms with Crippen molar-refractivity contribution in [1.82, 2.24) is 15.5 Å². The number of carboxylic acid groups (broad SMARTS) is 1. The van der Waals surface area contributed by atoms with E-state index in [2.05, 4.69) is 22.8 Å². The maximum atomic E-state index is 12.9. The van der Waals surface area contributed by atoms with Crippen LogP contribution in [0.15, 0.2) is 48.5 Å². The van der Waals surface area contributed by atoms with Gasteiger partial charge in [0.2, 0.25) is 5.91 Å². The SMILES string of the molecule is CN(C)CC(NC(=O)[C@H](NC(=O)OCC1c2ccccc2-c2ccccc21)C(C)(C)C)C(=O)O. The van der Waals surface area contributed by atoms with Gasteiger partial charge in [-0.05, 0) is 41.8 Å². The predicted octanol–water partition coefficient (Wildman–Crippen LogP) is 3.07. The first-order valence-corrected chi connectivity index (χ1v) is 11.3. The lowest BCUT2D eigenvalue weighted by Crippen LogP contribution is -2.58. The summed E-state index contributed by atoms with van der Waals surface area (Å²) < 4.78 is 5.58. The van der Waals surface area contributed by atoms with Gasteiger partial charge in [0.1, 0.15) is 18.7 Å². The molecule has 0 spiro atoms. The van der Waals surface area contributed by atoms with Crippen molar-refractivity contribution in [3.63, 3.8) is 0 Å². The van der Waals surface area contributed by atoms with E-state index in [4.69, 9.17) is 4.74 Å². The van der Waals surface area contributed by atoms with Crippen molar-refractivity contribution < 1.29 is 24.2 Å². The molecule has 34 heavy (non-hydrogen) atoms. The summed E-state index contributed by atoms with van der Waals surface area (Å²) in [6.07, 6.45) is -0.726. The maximum absolute atomic E-state index is 12.9. The molecule has 2 amide bonds. The highest BCUT2D eigenvalue weighted by atomic mass is 16.5. The third-order valence-corrected chi connectivity index (χ3v) is 5.90. The quantitative estimate of drug-likeness (QED) is 0.551. The van der Waals surface area contributed by atoms with Gasteiger partial charge in [-0.1, -0.05) is 69.3 Å². The number of nitrogens with zero attached hydrogens (tertiary/aromatic N) is 1. The summed E-state index contributed by atoms with van der Waals surface area (Å²) in [6, 6.07) is 14.0. The largest absolute Gasteiger partial charge is 0.480 e. The number of carboxylic acids is 1. The summed E-state index contributed by atoms with van der Waals surface area (Å²) >= 11 is 0. The number of carbonyl (C=O) groups is 3. The number of hydrogen-bond donors (Lipinski definition) is 3. The average molecular weight is 468 g/mol. The van der Waals surface area contributed by atoms with E-state index in [1.165, 1.54) is 0 Å². The molecule has 1 aliphatic rings. The van der Waals surface area contributed by atoms with E-state index in [0.717, 1.165) is 22.3 Å². The Morgan fingerprint density at radius 1 is 0.971 bits per heavy atom. The standard InChI is InChI=1S/C26H33N3O5/c1-26(2,3)22(23(30)27-21(24(31)32)14-29(4)5)28-25(33)34-15-20-18-12-8-6-10-16(18)17-11-7-9-13-19(17)20/h6-13,20-22H,14-15H2,1-5H3,(H,27,30)(H,28,33)(H,31,32)/t21?,22-/m0/s1. The Hall–Kier alpha value is -3.39. The van der Waals surface area contributed by atoms with Crippen LogP contribution in [0.5, 0.6) is 0 Å². The molecule has 8 heteroatoms. The van der Waals surface area contributed by atoms with Crippen LogP contribution in [0.2, 0.25) is 0 Å². The molecule has 2 aromatic carbocycles. The second-order valence-electron chi connectivity index (χ2n) is 9.93. The summed E-state index contributed by atoms with van der Waals surface area (Å²) in [7, 11) is 3.44. The van der Waals surface area contributed by atoms with Crippen LogP contribution in [0.25, 0.3) is 11.1 Å². The molecule has 0 heterocycles. The molecule has 2 atom stereocenters. The van der Waals surface area contributed by atoms with Gasteiger partial charge < -0.3 is 25.4 Å². The van der Waals surface area contributed by atoms with E-state index in [0.29, 0.717) is 0 Å². The maximum Gasteiger partial charge on any atom is 0.407 e. The zero-order chi connectivity index (χ0) is 25.0. The fourth-order valence-electron chi connectivity index (χ4n) is 4.24. The number of likely N-dealkylation sites (N-methyl/N-ethyl adjacent to an activating group) is 1. The van der Waals surface area contributed by atoms with Crippen LogP contribution in [0.3, 0.4) is 0 Å². The third-order valence-electron chi connectivity index (χ3n) is 5.90. The van der Waals surface area contributed by atoms with Crippen molar-refractivity contribution in [1.29, 1.82) is 0 Å². The minimum absolute atomic E-state index is 0.100. The van der Waals surface area contributed by atoms with E-state index in [-0.39, 0.29) is 19.1 Å². The first-order valence-electron chi connectivity index (χ1n) is 11.3. The molecular formula is C26H33N3O5. The van der Waals surface area contributed by atoms with E-state index in [1.807, 2.05) is 36.4 Å². The van der Waals surface area contributed by atoms with Crippen molar-refractivity contribution in [2.45, 2.75) is 38.8 Å². The number of ether oxygens (including phenoxy) is 1. The number of nitrogens with one attached hydrogen (secondary N) is 2. The fraction of sp³-hybridized carbons (Fsp3) is 0.423. The monoisotopic (exact) mass is 467 g/mol. The van der Waals surface area contributed by atoms with Gasteiger partial charge >= 0.3 is 12.1 Å². The molecule has 1 aliphatic carbocycles. The van der Waals surface area contributed by atoms with Crippen molar-refractivity contribution >= 4 is 18.0 Å². The fourth-order valence-corrected chi connectivity index (χ4v) is 4.24. The smallest absolute Gasteiger partial charge is 0.407 e. The molecule has 3 N–H and O–H groups in total. The van der Waals surface area contributed by atoms with Gasteiger partial charge in [-0.2, -0.15) is 0 Å². The van der Waals surface area contributed by atoms with Gasteiger partial charge in [0.05, 0.1) is 0 Å². The molecular weight excluding hydrogens is 434 g/mol. The van der Waals surface area contributed by atoms with Crippen molar-refractivity contribution in [3.05, 3.63) is 59.7 Å². The van der Waals surface area contributed by atoms with Gasteiger partial charge in [-0.3, -0.25) is 4.79 Å². The number of carbonyl (C=O) groups excluding carboxylic acids is 2. The Bertz CT molecular complexity index is 1010. The summed E-state index contributed by atoms with van der Waals surface area (Å²) in [5.74, 6) is -1.82. The second-order valence-corrected chi connectivity index (χ2v) is 9.93. The number of aliphatic carboxylic acids is 1. The molecule has 0 aliphatic heterocycles. The van der Waals surface area contributed by atoms with Gasteiger partial charge in [0.15, 0.2) is 0 Å². The molecule has 182 valence electrons. The van der Waals surface area contributed by atoms with Gasteiger partial charge in [0, 0.05) is 12.5 Å². The highest BCUT2D eigenvalue weighted by Crippen LogP contribution is 2.44. The molecule has 0 saturated heterocycles. The summed E-state index contributed by atoms with van der Waals surface area (Å²) in [5.41, 5.74) is 3.76. The first-order chi connectivity index (χ1) is 16.0. The lowest BCUT2D eigenvalue weighted by molar-refractivity contribution is -0.143. The number of amides is 2. The van der Waals surface area contributed by atoms with Crippen LogP contribution in [-0.4, -0.2) is 67.3 Å². The Morgan fingerprint density at radius 2 is 1.50 bits per heavy atom. The minimum atomic E-state index is -1.14. The molecule has 0 bridgehead atoms. The molecule has 2 aromatic rings. The molecule has 0 fully saturated rings. The van der Waals surface area contributed by atoms with Gasteiger partial charge in [-0.25, -0.2) is 9.59 Å². The summed E-state index contributed by atoms with van der Waals surface area (Å²) in [4.78, 5) is 38.9. The summed E-state index contributed by atoms with van der Waals surface area (Å²) in [6.45, 7) is 5.63. The van der Waals surface area contributed by atoms with E-state index in [9.17, 15) is 19.5 Å². The van der Waals surface area contributed by atoms with Crippen molar-refractivity contribution in [2.24, 2.45) is 5.41 Å². The molecule has 1 unspecified atom stereocenters. The molecule has 0 aromatic heterocycles. The molecule has 3 rings (SSSR count). The topological polar surface area (TPSA) is 108 Å². The van der Waals surface area contributed by atoms with Crippen LogP contribution in [0.1, 0.15) is 37.8 Å². The summed E-state index contributed by atoms with van der Waals surface area (Å²) in [5, 5.41) is 14.6. The van der Waals surface area contributed by atoms with Crippen LogP contribution in [0, 0.1) is 5.41 Å². The Kier molecular flexibility index (Phi) is 7.61. The van der Waals surface area contributed by atoms with Crippen molar-refractivity contribution in [3.8, 4) is 11.1 Å². The Morgan fingerprint density at radius 3 is 1.97 bits per heavy atom. The van der Waals surface area contributed by atoms with E-state index < -0.39 is 35.5 Å². The van der Waals surface area contributed by atoms with Crippen LogP contribution in [0.4, 0.5) is 4.79 Å².